The predicted octanol–water partition coefficient (Wildman–Crippen LogP) is 3.63. The van der Waals surface area contributed by atoms with Crippen LogP contribution < -0.4 is 21.3 Å². The summed E-state index contributed by atoms with van der Waals surface area (Å²) in [5.74, 6) is -3.84. The number of unbranched alkanes of at least 4 members (excludes halogenated alkanes) is 1. The second-order valence-corrected chi connectivity index (χ2v) is 17.0. The lowest BCUT2D eigenvalue weighted by Gasteiger charge is -2.28. The van der Waals surface area contributed by atoms with Gasteiger partial charge in [0.15, 0.2) is 0 Å². The van der Waals surface area contributed by atoms with Gasteiger partial charge in [-0.1, -0.05) is 47.7 Å². The Morgan fingerprint density at radius 3 is 2.20 bits per heavy atom. The van der Waals surface area contributed by atoms with Gasteiger partial charge in [0.2, 0.25) is 11.8 Å². The molecule has 4 amide bonds. The van der Waals surface area contributed by atoms with Crippen LogP contribution in [0.1, 0.15) is 89.3 Å². The van der Waals surface area contributed by atoms with Crippen molar-refractivity contribution in [3.63, 3.8) is 0 Å². The van der Waals surface area contributed by atoms with Crippen LogP contribution in [0, 0.1) is 17.8 Å². The van der Waals surface area contributed by atoms with Crippen molar-refractivity contribution in [2.24, 2.45) is 17.8 Å². The summed E-state index contributed by atoms with van der Waals surface area (Å²) in [5.41, 5.74) is 1.76. The number of aromatic nitrogens is 3. The molecule has 0 spiro atoms. The number of hydrogen-bond donors (Lipinski definition) is 6. The average Bonchev–Trinajstić information content (AvgIpc) is 3.65. The first-order chi connectivity index (χ1) is 29.0. The molecule has 1 aliphatic carbocycles. The third-order valence-electron chi connectivity index (χ3n) is 11.6. The van der Waals surface area contributed by atoms with Gasteiger partial charge >= 0.3 is 18.0 Å². The largest absolute Gasteiger partial charge is 0.480 e. The van der Waals surface area contributed by atoms with Gasteiger partial charge in [0.05, 0.1) is 26.8 Å². The molecule has 1 fully saturated rings. The molecule has 61 heavy (non-hydrogen) atoms. The number of carboxylic acids is 2. The number of carbonyl (C=O) groups is 7. The van der Waals surface area contributed by atoms with Gasteiger partial charge < -0.3 is 40.8 Å². The Morgan fingerprint density at radius 2 is 1.54 bits per heavy atom. The number of nitrogens with one attached hydrogen (secondary N) is 4. The smallest absolute Gasteiger partial charge is 0.326 e. The lowest BCUT2D eigenvalue weighted by molar-refractivity contribution is -0.902. The molecule has 332 valence electrons. The van der Waals surface area contributed by atoms with Crippen molar-refractivity contribution in [2.75, 3.05) is 33.7 Å². The van der Waals surface area contributed by atoms with Crippen LogP contribution in [0.3, 0.4) is 0 Å². The summed E-state index contributed by atoms with van der Waals surface area (Å²) < 4.78 is 2.32. The molecular weight excluding hydrogens is 785 g/mol. The molecule has 17 nitrogen and oxygen atoms in total. The van der Waals surface area contributed by atoms with Crippen LogP contribution in [0.4, 0.5) is 4.79 Å². The summed E-state index contributed by atoms with van der Waals surface area (Å²) >= 11 is 0. The molecule has 2 aromatic carbocycles. The molecule has 1 unspecified atom stereocenters. The zero-order chi connectivity index (χ0) is 44.5. The van der Waals surface area contributed by atoms with E-state index in [0.29, 0.717) is 38.6 Å². The summed E-state index contributed by atoms with van der Waals surface area (Å²) in [6.45, 7) is 5.90. The number of quaternary nitrogens is 1. The van der Waals surface area contributed by atoms with Gasteiger partial charge in [-0.15, -0.1) is 5.10 Å². The molecule has 17 heteroatoms. The van der Waals surface area contributed by atoms with Crippen molar-refractivity contribution in [1.82, 2.24) is 36.3 Å². The maximum absolute atomic E-state index is 13.8. The molecule has 1 aliphatic rings. The minimum Gasteiger partial charge on any atom is -0.480 e. The summed E-state index contributed by atoms with van der Waals surface area (Å²) in [6.07, 6.45) is 5.70. The molecule has 0 radical (unpaired) electrons. The normalized spacial score (nSPS) is 16.8. The van der Waals surface area contributed by atoms with Crippen molar-refractivity contribution in [1.29, 1.82) is 0 Å². The third kappa shape index (κ3) is 16.3. The second kappa shape index (κ2) is 23.3. The standard InChI is InChI=1S/C44H62N8O9/c1-5-52(3,4)28-36-26-51(50-49-36)27-40(55)46-25-30-14-18-33(19-15-30)39(54)24-35(23-31-16-17-32-10-6-7-11-34(32)22-31)41(56)45-21-9-8-12-37(42(57)58)47-44(61)48-38(43(59)60)20-13-29(2)53/h6-7,10-11,16-17,22,26,30,33,35,37-38H,5,8-9,12-15,18-21,23-25,27-28H2,1-4H3,(H5-,45,46,47,48,55,56,57,58,59,60,61)/p+1/t30?,33?,35?,37-,38-/m0/s1. The average molecular weight is 848 g/mol. The first-order valence-electron chi connectivity index (χ1n) is 21.3. The van der Waals surface area contributed by atoms with Crippen molar-refractivity contribution in [3.05, 3.63) is 59.9 Å². The van der Waals surface area contributed by atoms with Crippen LogP contribution in [0.15, 0.2) is 48.7 Å². The van der Waals surface area contributed by atoms with Crippen molar-refractivity contribution in [3.8, 4) is 0 Å². The lowest BCUT2D eigenvalue weighted by atomic mass is 9.77. The number of hydrogen-bond acceptors (Lipinski definition) is 9. The summed E-state index contributed by atoms with van der Waals surface area (Å²) in [6, 6.07) is 10.3. The second-order valence-electron chi connectivity index (χ2n) is 17.0. The molecule has 3 atom stereocenters. The molecule has 0 saturated heterocycles. The highest BCUT2D eigenvalue weighted by atomic mass is 16.4. The number of carbonyl (C=O) groups excluding carboxylic acids is 5. The third-order valence-corrected chi connectivity index (χ3v) is 11.6. The van der Waals surface area contributed by atoms with E-state index < -0.39 is 36.0 Å². The van der Waals surface area contributed by atoms with E-state index in [0.717, 1.165) is 52.4 Å². The Morgan fingerprint density at radius 1 is 0.869 bits per heavy atom. The Hall–Kier alpha value is -5.71. The summed E-state index contributed by atoms with van der Waals surface area (Å²) in [5, 5.41) is 39.9. The Bertz CT molecular complexity index is 1990. The number of fused-ring (bicyclic) bond motifs is 1. The molecule has 0 aliphatic heterocycles. The maximum atomic E-state index is 13.8. The van der Waals surface area contributed by atoms with Crippen LogP contribution in [-0.4, -0.2) is 117 Å². The van der Waals surface area contributed by atoms with Gasteiger partial charge in [0, 0.05) is 37.8 Å². The number of rotatable bonds is 25. The Balaban J connectivity index is 1.26. The summed E-state index contributed by atoms with van der Waals surface area (Å²) in [4.78, 5) is 87.2. The zero-order valence-electron chi connectivity index (χ0n) is 35.9. The van der Waals surface area contributed by atoms with E-state index in [4.69, 9.17) is 0 Å². The van der Waals surface area contributed by atoms with Gasteiger partial charge in [-0.3, -0.25) is 14.4 Å². The number of benzene rings is 2. The highest BCUT2D eigenvalue weighted by Crippen LogP contribution is 2.31. The van der Waals surface area contributed by atoms with Gasteiger partial charge in [0.25, 0.3) is 0 Å². The SMILES string of the molecule is CC[N+](C)(C)Cc1cn(CC(=O)NCC2CCC(C(=O)CC(Cc3ccc4ccccc4c3)C(=O)NCCCC[C@H](NC(=O)N[C@@H](CCC(C)=O)C(=O)O)C(=O)O)CC2)nn1. The lowest BCUT2D eigenvalue weighted by Crippen LogP contribution is -2.51. The van der Waals surface area contributed by atoms with E-state index in [-0.39, 0.29) is 74.0 Å². The number of urea groups is 1. The Kier molecular flexibility index (Phi) is 18.3. The van der Waals surface area contributed by atoms with E-state index in [1.54, 1.807) is 4.68 Å². The van der Waals surface area contributed by atoms with Gasteiger partial charge in [-0.2, -0.15) is 0 Å². The molecule has 6 N–H and O–H groups in total. The van der Waals surface area contributed by atoms with Crippen molar-refractivity contribution < 1.29 is 48.3 Å². The fourth-order valence-corrected chi connectivity index (χ4v) is 7.56. The number of amides is 4. The van der Waals surface area contributed by atoms with E-state index in [2.05, 4.69) is 52.6 Å². The van der Waals surface area contributed by atoms with Crippen LogP contribution in [0.25, 0.3) is 10.8 Å². The first-order valence-corrected chi connectivity index (χ1v) is 21.3. The van der Waals surface area contributed by atoms with E-state index in [1.165, 1.54) is 6.92 Å². The van der Waals surface area contributed by atoms with Crippen molar-refractivity contribution in [2.45, 2.75) is 110 Å². The van der Waals surface area contributed by atoms with Gasteiger partial charge in [-0.05, 0) is 93.9 Å². The van der Waals surface area contributed by atoms with Crippen LogP contribution in [0.2, 0.25) is 0 Å². The van der Waals surface area contributed by atoms with E-state index >= 15 is 0 Å². The number of ketones is 2. The minimum absolute atomic E-state index is 0.0229. The van der Waals surface area contributed by atoms with Crippen LogP contribution in [0.5, 0.6) is 0 Å². The predicted molar refractivity (Wildman–Crippen MR) is 227 cm³/mol. The topological polar surface area (TPSA) is 239 Å². The first kappa shape index (κ1) is 48.0. The monoisotopic (exact) mass is 847 g/mol. The molecule has 1 aromatic heterocycles. The molecular formula is C44H63N8O9+. The highest BCUT2D eigenvalue weighted by molar-refractivity contribution is 5.89. The van der Waals surface area contributed by atoms with E-state index in [9.17, 15) is 43.8 Å². The molecule has 3 aromatic rings. The highest BCUT2D eigenvalue weighted by Gasteiger charge is 2.31. The zero-order valence-corrected chi connectivity index (χ0v) is 35.9. The number of Topliss-reactive ketones (excluding diaryl/α,β-unsaturated/α-hetero) is 2. The van der Waals surface area contributed by atoms with Crippen LogP contribution >= 0.6 is 0 Å². The maximum Gasteiger partial charge on any atom is 0.326 e. The van der Waals surface area contributed by atoms with Gasteiger partial charge in [0.1, 0.15) is 42.4 Å². The minimum atomic E-state index is -1.36. The van der Waals surface area contributed by atoms with Crippen LogP contribution in [-0.2, 0) is 48.3 Å². The van der Waals surface area contributed by atoms with E-state index in [1.807, 2.05) is 48.7 Å². The Labute approximate surface area is 357 Å². The molecule has 1 heterocycles. The van der Waals surface area contributed by atoms with Crippen molar-refractivity contribution >= 4 is 52.1 Å². The summed E-state index contributed by atoms with van der Waals surface area (Å²) in [7, 11) is 4.22. The molecule has 1 saturated carbocycles. The fourth-order valence-electron chi connectivity index (χ4n) is 7.56. The molecule has 0 bridgehead atoms. The fraction of sp³-hybridized carbons (Fsp3) is 0.568. The number of carboxylic acid groups (broad SMARTS) is 2. The van der Waals surface area contributed by atoms with Gasteiger partial charge in [-0.25, -0.2) is 19.1 Å². The molecule has 4 rings (SSSR count). The number of aliphatic carboxylic acids is 2. The number of nitrogens with zero attached hydrogens (tertiary/aromatic N) is 4. The quantitative estimate of drug-likeness (QED) is 0.0532.